The van der Waals surface area contributed by atoms with Crippen LogP contribution in [-0.4, -0.2) is 16.7 Å². The number of benzene rings is 1. The second-order valence-electron chi connectivity index (χ2n) is 3.52. The van der Waals surface area contributed by atoms with Gasteiger partial charge in [0.2, 0.25) is 5.13 Å². The van der Waals surface area contributed by atoms with Gasteiger partial charge in [-0.05, 0) is 50.9 Å². The monoisotopic (exact) mass is 469 g/mol. The SMILES string of the molecule is CCNc1nnc(COc2c(Br)cc(Br)cc2Br)s1. The third-order valence-corrected chi connectivity index (χ3v) is 4.59. The lowest BCUT2D eigenvalue weighted by molar-refractivity contribution is 0.300. The molecule has 0 saturated carbocycles. The maximum atomic E-state index is 5.77. The van der Waals surface area contributed by atoms with E-state index in [0.29, 0.717) is 6.61 Å². The molecule has 0 atom stereocenters. The van der Waals surface area contributed by atoms with Gasteiger partial charge in [-0.25, -0.2) is 0 Å². The van der Waals surface area contributed by atoms with E-state index in [9.17, 15) is 0 Å². The van der Waals surface area contributed by atoms with E-state index < -0.39 is 0 Å². The molecule has 0 radical (unpaired) electrons. The highest BCUT2D eigenvalue weighted by Crippen LogP contribution is 2.37. The summed E-state index contributed by atoms with van der Waals surface area (Å²) >= 11 is 11.9. The molecule has 102 valence electrons. The van der Waals surface area contributed by atoms with Crippen LogP contribution in [0.25, 0.3) is 0 Å². The van der Waals surface area contributed by atoms with Gasteiger partial charge in [0.05, 0.1) is 8.95 Å². The van der Waals surface area contributed by atoms with Crippen LogP contribution in [0.1, 0.15) is 11.9 Å². The molecular formula is C11H10Br3N3OS. The molecule has 0 amide bonds. The van der Waals surface area contributed by atoms with E-state index in [1.54, 1.807) is 0 Å². The van der Waals surface area contributed by atoms with Crippen LogP contribution in [0, 0.1) is 0 Å². The number of anilines is 1. The predicted molar refractivity (Wildman–Crippen MR) is 87.9 cm³/mol. The Hall–Kier alpha value is -0.180. The number of nitrogens with zero attached hydrogens (tertiary/aromatic N) is 2. The van der Waals surface area contributed by atoms with E-state index in [2.05, 4.69) is 63.3 Å². The van der Waals surface area contributed by atoms with Crippen molar-refractivity contribution in [3.63, 3.8) is 0 Å². The minimum absolute atomic E-state index is 0.391. The van der Waals surface area contributed by atoms with Gasteiger partial charge >= 0.3 is 0 Å². The summed E-state index contributed by atoms with van der Waals surface area (Å²) in [5.41, 5.74) is 0. The topological polar surface area (TPSA) is 47.0 Å². The summed E-state index contributed by atoms with van der Waals surface area (Å²) in [7, 11) is 0. The highest BCUT2D eigenvalue weighted by atomic mass is 79.9. The molecule has 1 N–H and O–H groups in total. The minimum atomic E-state index is 0.391. The molecule has 2 aromatic rings. The third-order valence-electron chi connectivity index (χ3n) is 2.10. The van der Waals surface area contributed by atoms with E-state index in [4.69, 9.17) is 4.74 Å². The first kappa shape index (κ1) is 15.2. The van der Waals surface area contributed by atoms with Crippen LogP contribution in [0.2, 0.25) is 0 Å². The predicted octanol–water partition coefficient (Wildman–Crippen LogP) is 4.84. The molecule has 1 aromatic heterocycles. The Balaban J connectivity index is 2.05. The molecule has 2 rings (SSSR count). The quantitative estimate of drug-likeness (QED) is 0.678. The summed E-state index contributed by atoms with van der Waals surface area (Å²) < 4.78 is 8.50. The van der Waals surface area contributed by atoms with Gasteiger partial charge in [-0.2, -0.15) is 0 Å². The Kier molecular flexibility index (Phi) is 5.61. The zero-order valence-electron chi connectivity index (χ0n) is 9.91. The molecule has 8 heteroatoms. The lowest BCUT2D eigenvalue weighted by Crippen LogP contribution is -1.96. The Morgan fingerprint density at radius 1 is 1.21 bits per heavy atom. The highest BCUT2D eigenvalue weighted by molar-refractivity contribution is 9.11. The first-order chi connectivity index (χ1) is 9.10. The zero-order valence-corrected chi connectivity index (χ0v) is 15.5. The normalized spacial score (nSPS) is 10.5. The number of rotatable bonds is 5. The fourth-order valence-corrected chi connectivity index (χ4v) is 4.54. The van der Waals surface area contributed by atoms with Gasteiger partial charge < -0.3 is 10.1 Å². The van der Waals surface area contributed by atoms with Crippen LogP contribution in [0.4, 0.5) is 5.13 Å². The van der Waals surface area contributed by atoms with Gasteiger partial charge in [-0.1, -0.05) is 27.3 Å². The van der Waals surface area contributed by atoms with Crippen LogP contribution >= 0.6 is 59.1 Å². The number of hydrogen-bond acceptors (Lipinski definition) is 5. The van der Waals surface area contributed by atoms with E-state index >= 15 is 0 Å². The van der Waals surface area contributed by atoms with Gasteiger partial charge in [0.25, 0.3) is 0 Å². The third kappa shape index (κ3) is 4.14. The van der Waals surface area contributed by atoms with Crippen molar-refractivity contribution < 1.29 is 4.74 Å². The summed E-state index contributed by atoms with van der Waals surface area (Å²) in [4.78, 5) is 0. The molecular weight excluding hydrogens is 462 g/mol. The molecule has 0 saturated heterocycles. The standard InChI is InChI=1S/C11H10Br3N3OS/c1-2-15-11-17-16-9(19-11)5-18-10-7(13)3-6(12)4-8(10)14/h3-4H,2,5H2,1H3,(H,15,17). The molecule has 1 aromatic carbocycles. The van der Waals surface area contributed by atoms with E-state index in [1.807, 2.05) is 19.1 Å². The van der Waals surface area contributed by atoms with Gasteiger partial charge in [-0.15, -0.1) is 10.2 Å². The molecule has 0 bridgehead atoms. The van der Waals surface area contributed by atoms with E-state index in [1.165, 1.54) is 11.3 Å². The van der Waals surface area contributed by atoms with Crippen LogP contribution in [0.5, 0.6) is 5.75 Å². The lowest BCUT2D eigenvalue weighted by Gasteiger charge is -2.09. The average Bonchev–Trinajstić information content (AvgIpc) is 2.76. The van der Waals surface area contributed by atoms with Crippen molar-refractivity contribution >= 4 is 64.3 Å². The maximum Gasteiger partial charge on any atom is 0.205 e. The number of aromatic nitrogens is 2. The number of halogens is 3. The van der Waals surface area contributed by atoms with Gasteiger partial charge in [0.1, 0.15) is 12.4 Å². The van der Waals surface area contributed by atoms with Gasteiger partial charge in [-0.3, -0.25) is 0 Å². The van der Waals surface area contributed by atoms with Crippen LogP contribution in [-0.2, 0) is 6.61 Å². The lowest BCUT2D eigenvalue weighted by atomic mass is 10.3. The molecule has 19 heavy (non-hydrogen) atoms. The fourth-order valence-electron chi connectivity index (χ4n) is 1.34. The first-order valence-electron chi connectivity index (χ1n) is 5.43. The molecule has 0 aliphatic rings. The van der Waals surface area contributed by atoms with Crippen molar-refractivity contribution in [2.45, 2.75) is 13.5 Å². The average molecular weight is 472 g/mol. The molecule has 0 aliphatic carbocycles. The summed E-state index contributed by atoms with van der Waals surface area (Å²) in [6, 6.07) is 3.87. The summed E-state index contributed by atoms with van der Waals surface area (Å²) in [5, 5.41) is 12.9. The van der Waals surface area contributed by atoms with Crippen molar-refractivity contribution in [3.05, 3.63) is 30.6 Å². The minimum Gasteiger partial charge on any atom is -0.484 e. The fraction of sp³-hybridized carbons (Fsp3) is 0.273. The second kappa shape index (κ2) is 7.01. The Morgan fingerprint density at radius 2 is 1.89 bits per heavy atom. The smallest absolute Gasteiger partial charge is 0.205 e. The van der Waals surface area contributed by atoms with Crippen molar-refractivity contribution in [1.29, 1.82) is 0 Å². The molecule has 0 fully saturated rings. The van der Waals surface area contributed by atoms with Gasteiger partial charge in [0.15, 0.2) is 5.01 Å². The van der Waals surface area contributed by atoms with E-state index in [0.717, 1.165) is 35.9 Å². The maximum absolute atomic E-state index is 5.77. The van der Waals surface area contributed by atoms with Crippen molar-refractivity contribution in [2.24, 2.45) is 0 Å². The summed E-state index contributed by atoms with van der Waals surface area (Å²) in [6.07, 6.45) is 0. The van der Waals surface area contributed by atoms with Crippen molar-refractivity contribution in [2.75, 3.05) is 11.9 Å². The van der Waals surface area contributed by atoms with Crippen molar-refractivity contribution in [1.82, 2.24) is 10.2 Å². The molecule has 0 unspecified atom stereocenters. The zero-order chi connectivity index (χ0) is 13.8. The summed E-state index contributed by atoms with van der Waals surface area (Å²) in [5.74, 6) is 0.753. The molecule has 4 nitrogen and oxygen atoms in total. The van der Waals surface area contributed by atoms with Gasteiger partial charge in [0, 0.05) is 11.0 Å². The van der Waals surface area contributed by atoms with E-state index in [-0.39, 0.29) is 0 Å². The van der Waals surface area contributed by atoms with Crippen LogP contribution in [0.3, 0.4) is 0 Å². The molecule has 0 aliphatic heterocycles. The Bertz CT molecular complexity index is 553. The summed E-state index contributed by atoms with van der Waals surface area (Å²) in [6.45, 7) is 3.24. The van der Waals surface area contributed by atoms with Crippen molar-refractivity contribution in [3.8, 4) is 5.75 Å². The molecule has 1 heterocycles. The Labute approximate surface area is 140 Å². The first-order valence-corrected chi connectivity index (χ1v) is 8.63. The Morgan fingerprint density at radius 3 is 2.53 bits per heavy atom. The molecule has 0 spiro atoms. The second-order valence-corrected chi connectivity index (χ2v) is 7.20. The number of ether oxygens (including phenoxy) is 1. The number of nitrogens with one attached hydrogen (secondary N) is 1. The highest BCUT2D eigenvalue weighted by Gasteiger charge is 2.10. The van der Waals surface area contributed by atoms with Crippen LogP contribution in [0.15, 0.2) is 25.6 Å². The number of hydrogen-bond donors (Lipinski definition) is 1. The van der Waals surface area contributed by atoms with Crippen LogP contribution < -0.4 is 10.1 Å². The largest absolute Gasteiger partial charge is 0.484 e.